The van der Waals surface area contributed by atoms with Gasteiger partial charge in [-0.05, 0) is 88.6 Å². The summed E-state index contributed by atoms with van der Waals surface area (Å²) in [5.41, 5.74) is 7.58. The highest BCUT2D eigenvalue weighted by atomic mass is 32.1. The Labute approximate surface area is 319 Å². The van der Waals surface area contributed by atoms with Crippen molar-refractivity contribution >= 4 is 106 Å². The molecule has 0 aliphatic heterocycles. The molecule has 0 saturated carbocycles. The monoisotopic (exact) mass is 718 g/mol. The van der Waals surface area contributed by atoms with Gasteiger partial charge in [0.15, 0.2) is 0 Å². The Morgan fingerprint density at radius 2 is 0.759 bits per heavy atom. The topological polar surface area (TPSA) is 0 Å². The first-order valence-electron chi connectivity index (χ1n) is 18.5. The minimum Gasteiger partial charge on any atom is -0.134 e. The summed E-state index contributed by atoms with van der Waals surface area (Å²) in [7, 11) is 0. The van der Waals surface area contributed by atoms with E-state index in [-0.39, 0.29) is 0 Å². The van der Waals surface area contributed by atoms with Gasteiger partial charge in [-0.25, -0.2) is 0 Å². The van der Waals surface area contributed by atoms with Crippen LogP contribution in [0.1, 0.15) is 0 Å². The summed E-state index contributed by atoms with van der Waals surface area (Å²) in [6.07, 6.45) is 0. The van der Waals surface area contributed by atoms with E-state index in [4.69, 9.17) is 0 Å². The molecule has 2 heterocycles. The zero-order valence-corrected chi connectivity index (χ0v) is 30.8. The molecule has 2 heteroatoms. The first-order chi connectivity index (χ1) is 26.8. The molecule has 2 aromatic heterocycles. The van der Waals surface area contributed by atoms with Crippen LogP contribution in [0.3, 0.4) is 0 Å². The largest absolute Gasteiger partial charge is 0.134 e. The van der Waals surface area contributed by atoms with Gasteiger partial charge in [0.1, 0.15) is 0 Å². The molecule has 0 atom stereocenters. The zero-order chi connectivity index (χ0) is 35.3. The minimum absolute atomic E-state index is 1.23. The van der Waals surface area contributed by atoms with E-state index >= 15 is 0 Å². The lowest BCUT2D eigenvalue weighted by Crippen LogP contribution is -1.91. The molecular weight excluding hydrogens is 689 g/mol. The van der Waals surface area contributed by atoms with Crippen LogP contribution in [0.4, 0.5) is 0 Å². The van der Waals surface area contributed by atoms with Crippen LogP contribution in [0, 0.1) is 0 Å². The van der Waals surface area contributed by atoms with Gasteiger partial charge < -0.3 is 0 Å². The van der Waals surface area contributed by atoms with Crippen LogP contribution >= 0.6 is 22.7 Å². The first-order valence-corrected chi connectivity index (χ1v) is 20.1. The van der Waals surface area contributed by atoms with E-state index in [0.717, 1.165) is 0 Å². The second kappa shape index (κ2) is 11.6. The van der Waals surface area contributed by atoms with Crippen molar-refractivity contribution in [3.63, 3.8) is 0 Å². The number of fused-ring (bicyclic) bond motifs is 12. The zero-order valence-electron chi connectivity index (χ0n) is 29.1. The lowest BCUT2D eigenvalue weighted by molar-refractivity contribution is 1.64. The third kappa shape index (κ3) is 4.36. The van der Waals surface area contributed by atoms with Gasteiger partial charge in [0, 0.05) is 30.9 Å². The lowest BCUT2D eigenvalue weighted by Gasteiger charge is -2.19. The SMILES string of the molecule is c1ccc2c(-c3c4ccccc4c(-c4ccc(-c5ccc6sc7c(ccc8c9ccc%10ccccc%10c9sc87)c6c5)cc4)c4ccccc34)cccc2c1. The summed E-state index contributed by atoms with van der Waals surface area (Å²) in [5, 5.41) is 15.7. The fraction of sp³-hybridized carbons (Fsp3) is 0. The third-order valence-corrected chi connectivity index (χ3v) is 14.1. The molecule has 10 aromatic carbocycles. The van der Waals surface area contributed by atoms with Crippen molar-refractivity contribution in [3.05, 3.63) is 182 Å². The van der Waals surface area contributed by atoms with E-state index in [1.54, 1.807) is 0 Å². The molecular formula is C52H30S2. The Balaban J connectivity index is 0.998. The van der Waals surface area contributed by atoms with Crippen LogP contribution in [0.15, 0.2) is 182 Å². The number of thiophene rings is 2. The van der Waals surface area contributed by atoms with Crippen LogP contribution in [0.2, 0.25) is 0 Å². The summed E-state index contributed by atoms with van der Waals surface area (Å²) in [6.45, 7) is 0. The maximum atomic E-state index is 2.40. The third-order valence-electron chi connectivity index (χ3n) is 11.5. The highest BCUT2D eigenvalue weighted by molar-refractivity contribution is 7.34. The molecule has 0 aliphatic carbocycles. The first kappa shape index (κ1) is 30.2. The lowest BCUT2D eigenvalue weighted by atomic mass is 9.84. The molecule has 0 saturated heterocycles. The maximum Gasteiger partial charge on any atom is 0.0534 e. The molecule has 12 aromatic rings. The van der Waals surface area contributed by atoms with Gasteiger partial charge in [0.05, 0.1) is 9.40 Å². The molecule has 54 heavy (non-hydrogen) atoms. The van der Waals surface area contributed by atoms with Crippen LogP contribution in [0.25, 0.3) is 117 Å². The van der Waals surface area contributed by atoms with E-state index in [0.29, 0.717) is 0 Å². The molecule has 12 rings (SSSR count). The fourth-order valence-electron chi connectivity index (χ4n) is 8.98. The Hall–Kier alpha value is -6.32. The van der Waals surface area contributed by atoms with E-state index in [2.05, 4.69) is 182 Å². The number of hydrogen-bond acceptors (Lipinski definition) is 2. The van der Waals surface area contributed by atoms with E-state index in [1.165, 1.54) is 117 Å². The van der Waals surface area contributed by atoms with Crippen LogP contribution < -0.4 is 0 Å². The highest BCUT2D eigenvalue weighted by Gasteiger charge is 2.19. The predicted molar refractivity (Wildman–Crippen MR) is 239 cm³/mol. The van der Waals surface area contributed by atoms with E-state index < -0.39 is 0 Å². The van der Waals surface area contributed by atoms with Gasteiger partial charge in [0.25, 0.3) is 0 Å². The molecule has 250 valence electrons. The van der Waals surface area contributed by atoms with Crippen molar-refractivity contribution < 1.29 is 0 Å². The summed E-state index contributed by atoms with van der Waals surface area (Å²) in [5.74, 6) is 0. The second-order valence-corrected chi connectivity index (χ2v) is 16.4. The maximum absolute atomic E-state index is 2.40. The highest BCUT2D eigenvalue weighted by Crippen LogP contribution is 2.48. The summed E-state index contributed by atoms with van der Waals surface area (Å²) < 4.78 is 5.52. The van der Waals surface area contributed by atoms with Crippen LogP contribution in [-0.2, 0) is 0 Å². The smallest absolute Gasteiger partial charge is 0.0534 e. The molecule has 0 amide bonds. The molecule has 0 radical (unpaired) electrons. The van der Waals surface area contributed by atoms with Crippen LogP contribution in [0.5, 0.6) is 0 Å². The number of rotatable bonds is 3. The summed E-state index contributed by atoms with van der Waals surface area (Å²) >= 11 is 3.88. The van der Waals surface area contributed by atoms with Gasteiger partial charge in [-0.3, -0.25) is 0 Å². The number of hydrogen-bond donors (Lipinski definition) is 0. The molecule has 0 N–H and O–H groups in total. The van der Waals surface area contributed by atoms with Crippen molar-refractivity contribution in [2.75, 3.05) is 0 Å². The van der Waals surface area contributed by atoms with Crippen LogP contribution in [-0.4, -0.2) is 0 Å². The second-order valence-electron chi connectivity index (χ2n) is 14.3. The van der Waals surface area contributed by atoms with Gasteiger partial charge in [-0.1, -0.05) is 170 Å². The number of benzene rings is 10. The predicted octanol–water partition coefficient (Wildman–Crippen LogP) is 16.0. The van der Waals surface area contributed by atoms with Crippen molar-refractivity contribution in [2.24, 2.45) is 0 Å². The Morgan fingerprint density at radius 1 is 0.259 bits per heavy atom. The van der Waals surface area contributed by atoms with Gasteiger partial charge >= 0.3 is 0 Å². The molecule has 0 unspecified atom stereocenters. The molecule has 0 nitrogen and oxygen atoms in total. The Morgan fingerprint density at radius 3 is 1.48 bits per heavy atom. The normalized spacial score (nSPS) is 12.1. The standard InChI is InChI=1S/C52H30S2/c1-3-13-36-32(10-1)12-9-19-38(36)49-41-17-7-5-15-39(41)48(40-16-6-8-18-42(40)49)34-22-20-31(21-23-34)35-25-29-47-46(30-35)45-28-27-44-43-26-24-33-11-2-4-14-37(33)50(43)54-52(44)51(45)53-47/h1-30H. The van der Waals surface area contributed by atoms with Crippen molar-refractivity contribution in [3.8, 4) is 33.4 Å². The summed E-state index contributed by atoms with van der Waals surface area (Å²) in [4.78, 5) is 0. The van der Waals surface area contributed by atoms with Gasteiger partial charge in [0.2, 0.25) is 0 Å². The average Bonchev–Trinajstić information content (AvgIpc) is 3.81. The van der Waals surface area contributed by atoms with E-state index in [1.807, 2.05) is 22.7 Å². The molecule has 0 aliphatic rings. The van der Waals surface area contributed by atoms with Gasteiger partial charge in [-0.15, -0.1) is 22.7 Å². The van der Waals surface area contributed by atoms with E-state index in [9.17, 15) is 0 Å². The summed E-state index contributed by atoms with van der Waals surface area (Å²) in [6, 6.07) is 67.6. The molecule has 0 bridgehead atoms. The Kier molecular flexibility index (Phi) is 6.48. The fourth-order valence-corrected chi connectivity index (χ4v) is 11.6. The quantitative estimate of drug-likeness (QED) is 0.160. The molecule has 0 spiro atoms. The molecule has 0 fully saturated rings. The Bertz CT molecular complexity index is 3430. The van der Waals surface area contributed by atoms with Crippen molar-refractivity contribution in [1.29, 1.82) is 0 Å². The minimum atomic E-state index is 1.23. The van der Waals surface area contributed by atoms with Gasteiger partial charge in [-0.2, -0.15) is 0 Å². The van der Waals surface area contributed by atoms with Crippen molar-refractivity contribution in [2.45, 2.75) is 0 Å². The average molecular weight is 719 g/mol. The van der Waals surface area contributed by atoms with Crippen molar-refractivity contribution in [1.82, 2.24) is 0 Å².